The Bertz CT molecular complexity index is 2240. The third-order valence-corrected chi connectivity index (χ3v) is 9.82. The van der Waals surface area contributed by atoms with Crippen molar-refractivity contribution in [2.45, 2.75) is 58.5 Å². The van der Waals surface area contributed by atoms with E-state index in [1.807, 2.05) is 31.2 Å². The highest BCUT2D eigenvalue weighted by molar-refractivity contribution is 7.71. The van der Waals surface area contributed by atoms with Crippen molar-refractivity contribution in [2.75, 3.05) is 45.8 Å². The Labute approximate surface area is 321 Å². The Balaban J connectivity index is 1.26. The maximum Gasteiger partial charge on any atom is 0.435 e. The van der Waals surface area contributed by atoms with Crippen molar-refractivity contribution in [3.63, 3.8) is 0 Å². The van der Waals surface area contributed by atoms with E-state index in [1.54, 1.807) is 26.3 Å². The van der Waals surface area contributed by atoms with Crippen LogP contribution in [0.25, 0.3) is 22.8 Å². The first-order chi connectivity index (χ1) is 26.5. The van der Waals surface area contributed by atoms with Gasteiger partial charge < -0.3 is 29.0 Å². The van der Waals surface area contributed by atoms with Crippen LogP contribution in [0, 0.1) is 17.7 Å². The van der Waals surface area contributed by atoms with Crippen molar-refractivity contribution >= 4 is 41.0 Å². The molecule has 0 aliphatic carbocycles. The van der Waals surface area contributed by atoms with Gasteiger partial charge in [-0.1, -0.05) is 18.1 Å². The van der Waals surface area contributed by atoms with E-state index in [2.05, 4.69) is 30.4 Å². The number of alkyl halides is 3. The van der Waals surface area contributed by atoms with Crippen molar-refractivity contribution in [2.24, 2.45) is 15.9 Å². The van der Waals surface area contributed by atoms with E-state index in [0.29, 0.717) is 59.2 Å². The van der Waals surface area contributed by atoms with Gasteiger partial charge in [0.05, 0.1) is 32.2 Å². The SMILES string of the molecule is COc1cc(NC2=NC(n3nc(C(F)(F)F)cc3C)=C(c3cnc(OC)c(-c4nc(=S)o[nH]4)c3)C=C(C)CC2)cc(OCC2CN=C3CCCCCN3C2)c1. The second-order valence-electron chi connectivity index (χ2n) is 13.8. The van der Waals surface area contributed by atoms with Crippen molar-refractivity contribution in [1.82, 2.24) is 29.8 Å². The van der Waals surface area contributed by atoms with E-state index in [0.717, 1.165) is 37.7 Å². The minimum atomic E-state index is -4.68. The van der Waals surface area contributed by atoms with E-state index in [1.165, 1.54) is 36.9 Å². The number of H-pyrrole nitrogens is 1. The van der Waals surface area contributed by atoms with Gasteiger partial charge in [-0.05, 0) is 57.5 Å². The molecule has 1 saturated heterocycles. The van der Waals surface area contributed by atoms with Gasteiger partial charge in [0.2, 0.25) is 5.88 Å². The first-order valence-electron chi connectivity index (χ1n) is 18.1. The number of amidine groups is 2. The number of methoxy groups -OCH3 is 2. The number of aromatic nitrogens is 5. The minimum Gasteiger partial charge on any atom is -0.497 e. The number of aryl methyl sites for hydroxylation is 1. The summed E-state index contributed by atoms with van der Waals surface area (Å²) in [6.07, 6.45) is 4.42. The second-order valence-corrected chi connectivity index (χ2v) is 14.1. The molecule has 1 unspecified atom stereocenters. The van der Waals surface area contributed by atoms with Crippen LogP contribution < -0.4 is 19.5 Å². The molecule has 0 radical (unpaired) electrons. The summed E-state index contributed by atoms with van der Waals surface area (Å²) in [5.74, 6) is 3.76. The van der Waals surface area contributed by atoms with Crippen molar-refractivity contribution < 1.29 is 31.9 Å². The van der Waals surface area contributed by atoms with Crippen LogP contribution in [0.1, 0.15) is 62.4 Å². The van der Waals surface area contributed by atoms with Crippen LogP contribution in [0.3, 0.4) is 0 Å². The largest absolute Gasteiger partial charge is 0.497 e. The van der Waals surface area contributed by atoms with Crippen LogP contribution in [0.2, 0.25) is 0 Å². The second kappa shape index (κ2) is 16.1. The van der Waals surface area contributed by atoms with Crippen LogP contribution in [0.4, 0.5) is 18.9 Å². The molecule has 2 N–H and O–H groups in total. The zero-order valence-electron chi connectivity index (χ0n) is 31.0. The lowest BCUT2D eigenvalue weighted by Crippen LogP contribution is -2.42. The predicted molar refractivity (Wildman–Crippen MR) is 205 cm³/mol. The highest BCUT2D eigenvalue weighted by Crippen LogP contribution is 2.36. The van der Waals surface area contributed by atoms with Gasteiger partial charge in [-0.2, -0.15) is 23.3 Å². The minimum absolute atomic E-state index is 0.0168. The molecule has 1 fully saturated rings. The average molecular weight is 778 g/mol. The molecule has 3 aromatic heterocycles. The maximum atomic E-state index is 14.0. The molecule has 290 valence electrons. The Morgan fingerprint density at radius 1 is 1.02 bits per heavy atom. The summed E-state index contributed by atoms with van der Waals surface area (Å²) < 4.78 is 65.9. The Hall–Kier alpha value is -5.45. The highest BCUT2D eigenvalue weighted by Gasteiger charge is 2.35. The molecule has 3 aliphatic rings. The third-order valence-electron chi connectivity index (χ3n) is 9.65. The zero-order valence-corrected chi connectivity index (χ0v) is 31.8. The van der Waals surface area contributed by atoms with Crippen LogP contribution in [-0.4, -0.2) is 81.9 Å². The van der Waals surface area contributed by atoms with Crippen LogP contribution in [0.5, 0.6) is 17.4 Å². The van der Waals surface area contributed by atoms with E-state index in [4.69, 9.17) is 40.9 Å². The molecule has 0 amide bonds. The number of rotatable bonds is 9. The summed E-state index contributed by atoms with van der Waals surface area (Å²) in [6.45, 7) is 6.65. The lowest BCUT2D eigenvalue weighted by Gasteiger charge is -2.32. The van der Waals surface area contributed by atoms with Gasteiger partial charge in [-0.25, -0.2) is 19.8 Å². The molecule has 0 spiro atoms. The van der Waals surface area contributed by atoms with Gasteiger partial charge in [0, 0.05) is 85.3 Å². The van der Waals surface area contributed by atoms with Crippen molar-refractivity contribution in [3.8, 4) is 28.8 Å². The summed E-state index contributed by atoms with van der Waals surface area (Å²) in [7, 11) is 3.04. The number of nitrogens with one attached hydrogen (secondary N) is 2. The zero-order chi connectivity index (χ0) is 38.7. The molecule has 17 heteroatoms. The molecule has 4 aromatic rings. The van der Waals surface area contributed by atoms with Crippen molar-refractivity contribution in [1.29, 1.82) is 0 Å². The number of aliphatic imine (C=N–C) groups is 2. The molecule has 1 aromatic carbocycles. The van der Waals surface area contributed by atoms with Crippen molar-refractivity contribution in [3.05, 3.63) is 70.0 Å². The number of ether oxygens (including phenoxy) is 3. The van der Waals surface area contributed by atoms with E-state index < -0.39 is 11.9 Å². The number of anilines is 1. The lowest BCUT2D eigenvalue weighted by atomic mass is 9.99. The fourth-order valence-corrected chi connectivity index (χ4v) is 7.00. The molecule has 13 nitrogen and oxygen atoms in total. The number of pyridine rings is 1. The summed E-state index contributed by atoms with van der Waals surface area (Å²) in [6, 6.07) is 8.23. The standard InChI is InChI=1S/C38H42F3N9O4S/c1-22-9-10-32(44-26-15-27(51-3)17-28(16-26)53-21-24-18-42-33-8-6-5-7-11-49(33)20-24)45-35(50-23(2)13-31(47-50)38(39,40)41)29(12-22)25-14-30(36(52-4)43-19-25)34-46-37(55)54-48-34/h12-17,19,24H,5-11,18,20-21H2,1-4H3,(H,44,45)(H,46,48,55). The molecule has 7 rings (SSSR count). The van der Waals surface area contributed by atoms with Crippen LogP contribution in [0.15, 0.2) is 62.7 Å². The molecule has 6 heterocycles. The van der Waals surface area contributed by atoms with Crippen LogP contribution in [-0.2, 0) is 6.18 Å². The van der Waals surface area contributed by atoms with Gasteiger partial charge in [0.25, 0.3) is 0 Å². The van der Waals surface area contributed by atoms with E-state index in [9.17, 15) is 13.2 Å². The molecular formula is C38H42F3N9O4S. The Morgan fingerprint density at radius 2 is 1.85 bits per heavy atom. The first-order valence-corrected chi connectivity index (χ1v) is 18.5. The van der Waals surface area contributed by atoms with E-state index in [-0.39, 0.29) is 34.0 Å². The Morgan fingerprint density at radius 3 is 2.60 bits per heavy atom. The smallest absolute Gasteiger partial charge is 0.435 e. The number of aromatic amines is 1. The number of hydrogen-bond donors (Lipinski definition) is 2. The number of allylic oxidation sites excluding steroid dienone is 3. The third kappa shape index (κ3) is 8.77. The Kier molecular flexibility index (Phi) is 11.1. The monoisotopic (exact) mass is 777 g/mol. The lowest BCUT2D eigenvalue weighted by molar-refractivity contribution is -0.141. The van der Waals surface area contributed by atoms with Gasteiger partial charge in [-0.15, -0.1) is 0 Å². The van der Waals surface area contributed by atoms with Gasteiger partial charge in [0.1, 0.15) is 17.3 Å². The van der Waals surface area contributed by atoms with Crippen LogP contribution >= 0.6 is 12.2 Å². The van der Waals surface area contributed by atoms with Gasteiger partial charge in [0.15, 0.2) is 17.3 Å². The van der Waals surface area contributed by atoms with Gasteiger partial charge in [-0.3, -0.25) is 4.99 Å². The predicted octanol–water partition coefficient (Wildman–Crippen LogP) is 8.19. The topological polar surface area (TPSA) is 140 Å². The normalized spacial score (nSPS) is 18.0. The summed E-state index contributed by atoms with van der Waals surface area (Å²) in [5, 5.41) is 10.1. The first kappa shape index (κ1) is 37.8. The van der Waals surface area contributed by atoms with E-state index >= 15 is 0 Å². The summed E-state index contributed by atoms with van der Waals surface area (Å²) >= 11 is 5.07. The molecule has 0 saturated carbocycles. The quantitative estimate of drug-likeness (QED) is 0.160. The summed E-state index contributed by atoms with van der Waals surface area (Å²) in [4.78, 5) is 21.0. The number of halogens is 3. The molecular weight excluding hydrogens is 736 g/mol. The number of benzene rings is 1. The fraction of sp³-hybridized carbons (Fsp3) is 0.421. The summed E-state index contributed by atoms with van der Waals surface area (Å²) in [5.41, 5.74) is 2.16. The number of nitrogens with zero attached hydrogens (tertiary/aromatic N) is 7. The highest BCUT2D eigenvalue weighted by atomic mass is 32.1. The van der Waals surface area contributed by atoms with Gasteiger partial charge >= 0.3 is 11.0 Å². The number of fused-ring (bicyclic) bond motifs is 1. The molecule has 0 bridgehead atoms. The molecule has 1 atom stereocenters. The number of hydrogen-bond acceptors (Lipinski definition) is 12. The fourth-order valence-electron chi connectivity index (χ4n) is 6.87. The molecule has 3 aliphatic heterocycles. The molecule has 55 heavy (non-hydrogen) atoms. The average Bonchev–Trinajstić information content (AvgIpc) is 3.70. The maximum absolute atomic E-state index is 14.0.